The van der Waals surface area contributed by atoms with Crippen molar-refractivity contribution in [2.45, 2.75) is 38.6 Å². The largest absolute Gasteiger partial charge is 0.326 e. The molecule has 27 heavy (non-hydrogen) atoms. The van der Waals surface area contributed by atoms with Crippen LogP contribution < -0.4 is 5.32 Å². The van der Waals surface area contributed by atoms with Gasteiger partial charge < -0.3 is 9.88 Å². The first-order valence-corrected chi connectivity index (χ1v) is 9.64. The van der Waals surface area contributed by atoms with Crippen molar-refractivity contribution in [3.8, 4) is 11.4 Å². The van der Waals surface area contributed by atoms with Crippen LogP contribution in [0.4, 0.5) is 5.69 Å². The number of nitrogens with one attached hydrogen (secondary N) is 1. The van der Waals surface area contributed by atoms with E-state index in [-0.39, 0.29) is 5.91 Å². The SMILES string of the molecule is O=C(Cc1ccc(Cl)cc1)Nc1cccc(-c2nnc3n2CCCCC3)c1. The molecule has 0 aliphatic carbocycles. The van der Waals surface area contributed by atoms with Crippen LogP contribution in [0.1, 0.15) is 30.7 Å². The number of hydrogen-bond donors (Lipinski definition) is 1. The molecule has 1 aliphatic rings. The minimum absolute atomic E-state index is 0.0606. The molecule has 0 saturated heterocycles. The second-order valence-corrected chi connectivity index (χ2v) is 7.27. The van der Waals surface area contributed by atoms with Gasteiger partial charge in [-0.15, -0.1) is 10.2 Å². The zero-order chi connectivity index (χ0) is 18.6. The van der Waals surface area contributed by atoms with Crippen LogP contribution in [-0.4, -0.2) is 20.7 Å². The highest BCUT2D eigenvalue weighted by Crippen LogP contribution is 2.25. The van der Waals surface area contributed by atoms with Crippen molar-refractivity contribution in [1.82, 2.24) is 14.8 Å². The van der Waals surface area contributed by atoms with E-state index < -0.39 is 0 Å². The van der Waals surface area contributed by atoms with Gasteiger partial charge in [0, 0.05) is 29.2 Å². The number of aryl methyl sites for hydroxylation is 1. The van der Waals surface area contributed by atoms with Crippen LogP contribution in [0, 0.1) is 0 Å². The van der Waals surface area contributed by atoms with Gasteiger partial charge in [0.05, 0.1) is 6.42 Å². The Morgan fingerprint density at radius 3 is 2.78 bits per heavy atom. The smallest absolute Gasteiger partial charge is 0.228 e. The van der Waals surface area contributed by atoms with E-state index in [1.807, 2.05) is 36.4 Å². The number of anilines is 1. The van der Waals surface area contributed by atoms with E-state index in [1.54, 1.807) is 12.1 Å². The molecule has 0 radical (unpaired) electrons. The van der Waals surface area contributed by atoms with Crippen molar-refractivity contribution in [2.75, 3.05) is 5.32 Å². The minimum atomic E-state index is -0.0606. The van der Waals surface area contributed by atoms with E-state index in [0.29, 0.717) is 11.4 Å². The third-order valence-electron chi connectivity index (χ3n) is 4.79. The summed E-state index contributed by atoms with van der Waals surface area (Å²) < 4.78 is 2.21. The first-order chi connectivity index (χ1) is 13.2. The van der Waals surface area contributed by atoms with E-state index in [1.165, 1.54) is 12.8 Å². The molecule has 2 aromatic carbocycles. The summed E-state index contributed by atoms with van der Waals surface area (Å²) >= 11 is 5.89. The molecule has 1 aliphatic heterocycles. The van der Waals surface area contributed by atoms with Crippen LogP contribution in [0.15, 0.2) is 48.5 Å². The summed E-state index contributed by atoms with van der Waals surface area (Å²) in [7, 11) is 0. The average Bonchev–Trinajstić information content (AvgIpc) is 2.92. The molecule has 1 N–H and O–H groups in total. The number of hydrogen-bond acceptors (Lipinski definition) is 3. The molecule has 1 aromatic heterocycles. The number of fused-ring (bicyclic) bond motifs is 1. The van der Waals surface area contributed by atoms with Crippen molar-refractivity contribution >= 4 is 23.2 Å². The van der Waals surface area contributed by atoms with Gasteiger partial charge >= 0.3 is 0 Å². The molecule has 6 heteroatoms. The number of nitrogens with zero attached hydrogens (tertiary/aromatic N) is 3. The number of rotatable bonds is 4. The molecule has 4 rings (SSSR count). The van der Waals surface area contributed by atoms with Gasteiger partial charge in [-0.25, -0.2) is 0 Å². The van der Waals surface area contributed by atoms with Gasteiger partial charge in [0.25, 0.3) is 0 Å². The molecule has 138 valence electrons. The summed E-state index contributed by atoms with van der Waals surface area (Å²) in [6, 6.07) is 15.1. The first-order valence-electron chi connectivity index (χ1n) is 9.26. The summed E-state index contributed by atoms with van der Waals surface area (Å²) in [6.45, 7) is 0.949. The van der Waals surface area contributed by atoms with E-state index in [9.17, 15) is 4.79 Å². The molecule has 1 amide bonds. The van der Waals surface area contributed by atoms with Gasteiger partial charge in [-0.05, 0) is 42.7 Å². The van der Waals surface area contributed by atoms with Crippen molar-refractivity contribution in [2.24, 2.45) is 0 Å². The molecule has 2 heterocycles. The van der Waals surface area contributed by atoms with E-state index in [4.69, 9.17) is 11.6 Å². The zero-order valence-electron chi connectivity index (χ0n) is 15.0. The standard InChI is InChI=1S/C21H21ClN4O/c22-17-10-8-15(9-11-17)13-20(27)23-18-6-4-5-16(14-18)21-25-24-19-7-2-1-3-12-26(19)21/h4-6,8-11,14H,1-3,7,12-13H2,(H,23,27). The summed E-state index contributed by atoms with van der Waals surface area (Å²) in [5.41, 5.74) is 2.66. The lowest BCUT2D eigenvalue weighted by Crippen LogP contribution is -2.14. The monoisotopic (exact) mass is 380 g/mol. The van der Waals surface area contributed by atoms with Gasteiger partial charge in [-0.3, -0.25) is 4.79 Å². The van der Waals surface area contributed by atoms with Crippen LogP contribution in [0.3, 0.4) is 0 Å². The number of aromatic nitrogens is 3. The molecule has 0 fully saturated rings. The van der Waals surface area contributed by atoms with Crippen molar-refractivity contribution < 1.29 is 4.79 Å². The molecule has 0 unspecified atom stereocenters. The third kappa shape index (κ3) is 4.19. The lowest BCUT2D eigenvalue weighted by molar-refractivity contribution is -0.115. The maximum Gasteiger partial charge on any atom is 0.228 e. The summed E-state index contributed by atoms with van der Waals surface area (Å²) in [5.74, 6) is 1.87. The summed E-state index contributed by atoms with van der Waals surface area (Å²) in [6.07, 6.45) is 4.82. The van der Waals surface area contributed by atoms with Crippen LogP contribution >= 0.6 is 11.6 Å². The fourth-order valence-corrected chi connectivity index (χ4v) is 3.55. The van der Waals surface area contributed by atoms with E-state index in [2.05, 4.69) is 20.1 Å². The highest BCUT2D eigenvalue weighted by molar-refractivity contribution is 6.30. The second kappa shape index (κ2) is 7.92. The maximum absolute atomic E-state index is 12.4. The van der Waals surface area contributed by atoms with Crippen molar-refractivity contribution in [1.29, 1.82) is 0 Å². The Morgan fingerprint density at radius 1 is 1.07 bits per heavy atom. The number of carbonyl (C=O) groups excluding carboxylic acids is 1. The highest BCUT2D eigenvalue weighted by Gasteiger charge is 2.16. The number of benzene rings is 2. The first kappa shape index (κ1) is 17.7. The third-order valence-corrected chi connectivity index (χ3v) is 5.04. The molecule has 0 atom stereocenters. The summed E-state index contributed by atoms with van der Waals surface area (Å²) in [5, 5.41) is 12.4. The lowest BCUT2D eigenvalue weighted by atomic mass is 10.1. The number of halogens is 1. The predicted molar refractivity (Wildman–Crippen MR) is 107 cm³/mol. The normalized spacial score (nSPS) is 13.7. The Morgan fingerprint density at radius 2 is 1.93 bits per heavy atom. The van der Waals surface area contributed by atoms with Gasteiger partial charge in [0.1, 0.15) is 5.82 Å². The molecule has 5 nitrogen and oxygen atoms in total. The Bertz CT molecular complexity index is 949. The number of carbonyl (C=O) groups is 1. The number of amides is 1. The van der Waals surface area contributed by atoms with Crippen LogP contribution in [0.2, 0.25) is 5.02 Å². The van der Waals surface area contributed by atoms with E-state index >= 15 is 0 Å². The molecular weight excluding hydrogens is 360 g/mol. The van der Waals surface area contributed by atoms with Crippen molar-refractivity contribution in [3.63, 3.8) is 0 Å². The predicted octanol–water partition coefficient (Wildman–Crippen LogP) is 4.51. The van der Waals surface area contributed by atoms with Gasteiger partial charge in [0.15, 0.2) is 5.82 Å². The Hall–Kier alpha value is -2.66. The molecule has 0 spiro atoms. The van der Waals surface area contributed by atoms with Crippen LogP contribution in [0.5, 0.6) is 0 Å². The Balaban J connectivity index is 1.50. The topological polar surface area (TPSA) is 59.8 Å². The Kier molecular flexibility index (Phi) is 5.21. The zero-order valence-corrected chi connectivity index (χ0v) is 15.7. The highest BCUT2D eigenvalue weighted by atomic mass is 35.5. The maximum atomic E-state index is 12.4. The van der Waals surface area contributed by atoms with Gasteiger partial charge in [0.2, 0.25) is 5.91 Å². The fraction of sp³-hybridized carbons (Fsp3) is 0.286. The van der Waals surface area contributed by atoms with E-state index in [0.717, 1.165) is 47.8 Å². The van der Waals surface area contributed by atoms with Crippen LogP contribution in [0.25, 0.3) is 11.4 Å². The Labute approximate surface area is 163 Å². The second-order valence-electron chi connectivity index (χ2n) is 6.83. The lowest BCUT2D eigenvalue weighted by Gasteiger charge is -2.09. The van der Waals surface area contributed by atoms with Gasteiger partial charge in [-0.1, -0.05) is 42.3 Å². The van der Waals surface area contributed by atoms with Crippen LogP contribution in [-0.2, 0) is 24.2 Å². The molecular formula is C21H21ClN4O. The molecule has 0 bridgehead atoms. The van der Waals surface area contributed by atoms with Gasteiger partial charge in [-0.2, -0.15) is 0 Å². The average molecular weight is 381 g/mol. The van der Waals surface area contributed by atoms with Crippen molar-refractivity contribution in [3.05, 3.63) is 64.9 Å². The summed E-state index contributed by atoms with van der Waals surface area (Å²) in [4.78, 5) is 12.4. The fourth-order valence-electron chi connectivity index (χ4n) is 3.43. The minimum Gasteiger partial charge on any atom is -0.326 e. The molecule has 3 aromatic rings. The quantitative estimate of drug-likeness (QED) is 0.724. The molecule has 0 saturated carbocycles.